The van der Waals surface area contributed by atoms with Crippen LogP contribution in [0.25, 0.3) is 0 Å². The molecule has 0 aliphatic rings. The third-order valence-electron chi connectivity index (χ3n) is 4.16. The Morgan fingerprint density at radius 1 is 1.19 bits per heavy atom. The molecule has 0 fully saturated rings. The van der Waals surface area contributed by atoms with Gasteiger partial charge in [-0.3, -0.25) is 4.79 Å². The van der Waals surface area contributed by atoms with E-state index >= 15 is 0 Å². The summed E-state index contributed by atoms with van der Waals surface area (Å²) in [7, 11) is 0. The van der Waals surface area contributed by atoms with Crippen molar-refractivity contribution in [1.29, 1.82) is 0 Å². The van der Waals surface area contributed by atoms with Crippen LogP contribution in [0.2, 0.25) is 0 Å². The van der Waals surface area contributed by atoms with Gasteiger partial charge in [0, 0.05) is 11.4 Å². The molecule has 0 N–H and O–H groups in total. The van der Waals surface area contributed by atoms with Crippen LogP contribution < -0.4 is 0 Å². The molecule has 2 rings (SSSR count). The number of hydrogen-bond acceptors (Lipinski definition) is 5. The van der Waals surface area contributed by atoms with Crippen molar-refractivity contribution in [3.8, 4) is 0 Å². The van der Waals surface area contributed by atoms with Crippen LogP contribution in [0, 0.1) is 0 Å². The Morgan fingerprint density at radius 3 is 2.46 bits per heavy atom. The van der Waals surface area contributed by atoms with Gasteiger partial charge >= 0.3 is 5.97 Å². The summed E-state index contributed by atoms with van der Waals surface area (Å²) >= 11 is 1.38. The summed E-state index contributed by atoms with van der Waals surface area (Å²) in [6, 6.07) is 9.89. The summed E-state index contributed by atoms with van der Waals surface area (Å²) in [5.74, 6) is -0.516. The van der Waals surface area contributed by atoms with Gasteiger partial charge in [-0.25, -0.2) is 9.78 Å². The fourth-order valence-corrected chi connectivity index (χ4v) is 3.54. The lowest BCUT2D eigenvalue weighted by Gasteiger charge is -2.30. The van der Waals surface area contributed by atoms with E-state index in [-0.39, 0.29) is 17.9 Å². The summed E-state index contributed by atoms with van der Waals surface area (Å²) in [6.45, 7) is 8.49. The quantitative estimate of drug-likeness (QED) is 0.648. The molecule has 5 nitrogen and oxygen atoms in total. The maximum Gasteiger partial charge on any atom is 0.357 e. The van der Waals surface area contributed by atoms with Crippen LogP contribution in [0.3, 0.4) is 0 Å². The van der Waals surface area contributed by atoms with Crippen molar-refractivity contribution in [3.63, 3.8) is 0 Å². The van der Waals surface area contributed by atoms with Crippen molar-refractivity contribution >= 4 is 23.2 Å². The fraction of sp³-hybridized carbons (Fsp3) is 0.450. The number of hydrogen-bond donors (Lipinski definition) is 0. The van der Waals surface area contributed by atoms with Gasteiger partial charge in [0.1, 0.15) is 5.01 Å². The molecule has 1 aromatic carbocycles. The topological polar surface area (TPSA) is 59.5 Å². The number of carbonyl (C=O) groups excluding carboxylic acids is 2. The first kappa shape index (κ1) is 20.1. The van der Waals surface area contributed by atoms with Gasteiger partial charge in [-0.1, -0.05) is 37.3 Å². The molecule has 0 spiro atoms. The summed E-state index contributed by atoms with van der Waals surface area (Å²) in [4.78, 5) is 31.1. The Hall–Kier alpha value is -2.21. The predicted octanol–water partition coefficient (Wildman–Crippen LogP) is 4.25. The largest absolute Gasteiger partial charge is 0.461 e. The smallest absolute Gasteiger partial charge is 0.357 e. The third kappa shape index (κ3) is 4.91. The van der Waals surface area contributed by atoms with E-state index < -0.39 is 5.97 Å². The van der Waals surface area contributed by atoms with Crippen molar-refractivity contribution in [2.24, 2.45) is 0 Å². The average Bonchev–Trinajstić information content (AvgIpc) is 3.10. The van der Waals surface area contributed by atoms with Gasteiger partial charge < -0.3 is 9.64 Å². The van der Waals surface area contributed by atoms with E-state index in [9.17, 15) is 9.59 Å². The minimum atomic E-state index is -0.423. The maximum absolute atomic E-state index is 13.2. The van der Waals surface area contributed by atoms with E-state index in [1.807, 2.05) is 56.0 Å². The molecule has 2 aromatic rings. The van der Waals surface area contributed by atoms with Gasteiger partial charge in [-0.2, -0.15) is 0 Å². The van der Waals surface area contributed by atoms with E-state index in [0.29, 0.717) is 18.8 Å². The fourth-order valence-electron chi connectivity index (χ4n) is 2.78. The van der Waals surface area contributed by atoms with Crippen LogP contribution in [-0.2, 0) is 16.1 Å². The second kappa shape index (κ2) is 9.48. The normalized spacial score (nSPS) is 12.0. The van der Waals surface area contributed by atoms with Crippen LogP contribution in [0.5, 0.6) is 0 Å². The van der Waals surface area contributed by atoms with E-state index in [0.717, 1.165) is 17.0 Å². The molecule has 140 valence electrons. The standard InChI is InChI=1S/C20H26N2O3S/c1-5-16(15-10-8-7-9-11-15)19(23)22(14(3)4)12-18-21-17(13-26-18)20(24)25-6-2/h7-11,13-14,16H,5-6,12H2,1-4H3/t16-/m0/s1. The van der Waals surface area contributed by atoms with Crippen LogP contribution >= 0.6 is 11.3 Å². The number of carbonyl (C=O) groups is 2. The van der Waals surface area contributed by atoms with Crippen molar-refractivity contribution in [3.05, 3.63) is 52.0 Å². The number of esters is 1. The summed E-state index contributed by atoms with van der Waals surface area (Å²) in [6.07, 6.45) is 0.734. The van der Waals surface area contributed by atoms with Crippen LogP contribution in [0.15, 0.2) is 35.7 Å². The van der Waals surface area contributed by atoms with E-state index in [4.69, 9.17) is 4.74 Å². The van der Waals surface area contributed by atoms with Crippen LogP contribution in [0.4, 0.5) is 0 Å². The predicted molar refractivity (Wildman–Crippen MR) is 103 cm³/mol. The molecule has 0 saturated carbocycles. The Kier molecular flexibility index (Phi) is 7.33. The summed E-state index contributed by atoms with van der Waals surface area (Å²) < 4.78 is 4.98. The monoisotopic (exact) mass is 374 g/mol. The Morgan fingerprint density at radius 2 is 1.88 bits per heavy atom. The summed E-state index contributed by atoms with van der Waals surface area (Å²) in [5, 5.41) is 2.42. The van der Waals surface area contributed by atoms with Gasteiger partial charge in [0.25, 0.3) is 0 Å². The number of benzene rings is 1. The lowest BCUT2D eigenvalue weighted by Crippen LogP contribution is -2.39. The molecule has 0 bridgehead atoms. The van der Waals surface area contributed by atoms with E-state index in [1.54, 1.807) is 12.3 Å². The number of thiazole rings is 1. The first-order valence-electron chi connectivity index (χ1n) is 8.94. The number of amides is 1. The zero-order chi connectivity index (χ0) is 19.1. The Balaban J connectivity index is 2.18. The molecular weight excluding hydrogens is 348 g/mol. The molecule has 6 heteroatoms. The molecule has 0 aliphatic heterocycles. The molecule has 1 atom stereocenters. The molecular formula is C20H26N2O3S. The molecule has 1 aromatic heterocycles. The second-order valence-electron chi connectivity index (χ2n) is 6.28. The highest BCUT2D eigenvalue weighted by Crippen LogP contribution is 2.25. The van der Waals surface area contributed by atoms with E-state index in [1.165, 1.54) is 11.3 Å². The van der Waals surface area contributed by atoms with Gasteiger partial charge in [0.2, 0.25) is 5.91 Å². The molecule has 0 saturated heterocycles. The van der Waals surface area contributed by atoms with Gasteiger partial charge in [-0.05, 0) is 32.8 Å². The van der Waals surface area contributed by atoms with Crippen molar-refractivity contribution in [2.75, 3.05) is 6.61 Å². The molecule has 0 unspecified atom stereocenters. The lowest BCUT2D eigenvalue weighted by molar-refractivity contribution is -0.135. The molecule has 0 aliphatic carbocycles. The zero-order valence-corrected chi connectivity index (χ0v) is 16.6. The average molecular weight is 375 g/mol. The lowest BCUT2D eigenvalue weighted by atomic mass is 9.94. The van der Waals surface area contributed by atoms with Crippen molar-refractivity contribution < 1.29 is 14.3 Å². The highest BCUT2D eigenvalue weighted by molar-refractivity contribution is 7.09. The molecule has 26 heavy (non-hydrogen) atoms. The maximum atomic E-state index is 13.2. The minimum Gasteiger partial charge on any atom is -0.461 e. The number of rotatable bonds is 8. The van der Waals surface area contributed by atoms with Gasteiger partial charge in [0.05, 0.1) is 19.1 Å². The number of nitrogens with zero attached hydrogens (tertiary/aromatic N) is 2. The highest BCUT2D eigenvalue weighted by atomic mass is 32.1. The Labute approximate surface area is 159 Å². The molecule has 1 amide bonds. The second-order valence-corrected chi connectivity index (χ2v) is 7.22. The van der Waals surface area contributed by atoms with Gasteiger partial charge in [0.15, 0.2) is 5.69 Å². The number of aromatic nitrogens is 1. The zero-order valence-electron chi connectivity index (χ0n) is 15.8. The molecule has 0 radical (unpaired) electrons. The van der Waals surface area contributed by atoms with Crippen LogP contribution in [0.1, 0.15) is 61.1 Å². The first-order chi connectivity index (χ1) is 12.5. The van der Waals surface area contributed by atoms with Crippen molar-refractivity contribution in [1.82, 2.24) is 9.88 Å². The number of ether oxygens (including phenoxy) is 1. The summed E-state index contributed by atoms with van der Waals surface area (Å²) in [5.41, 5.74) is 1.33. The van der Waals surface area contributed by atoms with Crippen LogP contribution in [-0.4, -0.2) is 34.4 Å². The minimum absolute atomic E-state index is 0.0372. The highest BCUT2D eigenvalue weighted by Gasteiger charge is 2.27. The SMILES string of the molecule is CCOC(=O)c1csc(CN(C(=O)[C@@H](CC)c2ccccc2)C(C)C)n1. The third-order valence-corrected chi connectivity index (χ3v) is 4.99. The first-order valence-corrected chi connectivity index (χ1v) is 9.82. The van der Waals surface area contributed by atoms with E-state index in [2.05, 4.69) is 4.98 Å². The van der Waals surface area contributed by atoms with Gasteiger partial charge in [-0.15, -0.1) is 11.3 Å². The Bertz CT molecular complexity index is 728. The van der Waals surface area contributed by atoms with Crippen molar-refractivity contribution in [2.45, 2.75) is 52.6 Å². The molecule has 1 heterocycles.